The van der Waals surface area contributed by atoms with Crippen LogP contribution >= 0.6 is 11.3 Å². The second-order valence-electron chi connectivity index (χ2n) is 6.20. The highest BCUT2D eigenvalue weighted by Gasteiger charge is 2.15. The lowest BCUT2D eigenvalue weighted by molar-refractivity contribution is 0.102. The Balaban J connectivity index is 1.52. The van der Waals surface area contributed by atoms with E-state index in [1.807, 2.05) is 17.5 Å². The maximum absolute atomic E-state index is 12.8. The van der Waals surface area contributed by atoms with E-state index in [1.165, 1.54) is 29.0 Å². The first-order valence-corrected chi connectivity index (χ1v) is 9.55. The highest BCUT2D eigenvalue weighted by atomic mass is 32.1. The molecule has 2 aromatic carbocycles. The van der Waals surface area contributed by atoms with Crippen LogP contribution in [0.3, 0.4) is 0 Å². The molecule has 2 N–H and O–H groups in total. The normalized spacial score (nSPS) is 11.3. The lowest BCUT2D eigenvalue weighted by atomic mass is 10.1. The lowest BCUT2D eigenvalue weighted by Gasteiger charge is -2.02. The number of aromatic nitrogens is 3. The fraction of sp³-hybridized carbons (Fsp3) is 0.150. The summed E-state index contributed by atoms with van der Waals surface area (Å²) in [5.74, 6) is -0.774. The smallest absolute Gasteiger partial charge is 0.295 e. The van der Waals surface area contributed by atoms with Gasteiger partial charge in [0.15, 0.2) is 11.0 Å². The number of aromatic amines is 1. The van der Waals surface area contributed by atoms with E-state index in [0.717, 1.165) is 17.7 Å². The van der Waals surface area contributed by atoms with E-state index < -0.39 is 12.2 Å². The van der Waals surface area contributed by atoms with Crippen LogP contribution in [0.1, 0.15) is 35.1 Å². The number of carbonyl (C=O) groups is 1. The number of amides is 1. The van der Waals surface area contributed by atoms with E-state index in [-0.39, 0.29) is 5.91 Å². The molecule has 0 aliphatic carbocycles. The summed E-state index contributed by atoms with van der Waals surface area (Å²) in [4.78, 5) is 23.3. The van der Waals surface area contributed by atoms with E-state index in [9.17, 15) is 13.6 Å². The van der Waals surface area contributed by atoms with Gasteiger partial charge in [0.25, 0.3) is 12.3 Å². The Morgan fingerprint density at radius 2 is 1.96 bits per heavy atom. The van der Waals surface area contributed by atoms with Gasteiger partial charge in [-0.05, 0) is 30.2 Å². The largest absolute Gasteiger partial charge is 0.337 e. The van der Waals surface area contributed by atoms with E-state index in [0.29, 0.717) is 21.7 Å². The molecule has 0 unspecified atom stereocenters. The zero-order chi connectivity index (χ0) is 19.7. The molecule has 28 heavy (non-hydrogen) atoms. The van der Waals surface area contributed by atoms with Gasteiger partial charge < -0.3 is 4.98 Å². The van der Waals surface area contributed by atoms with E-state index >= 15 is 0 Å². The van der Waals surface area contributed by atoms with Crippen LogP contribution in [-0.4, -0.2) is 20.9 Å². The summed E-state index contributed by atoms with van der Waals surface area (Å²) in [7, 11) is 0. The topological polar surface area (TPSA) is 70.7 Å². The molecule has 2 heterocycles. The molecule has 4 aromatic rings. The fourth-order valence-corrected chi connectivity index (χ4v) is 3.53. The van der Waals surface area contributed by atoms with Gasteiger partial charge in [-0.25, -0.2) is 18.7 Å². The molecule has 1 amide bonds. The molecule has 5 nitrogen and oxygen atoms in total. The molecule has 0 aliphatic rings. The van der Waals surface area contributed by atoms with Crippen molar-refractivity contribution < 1.29 is 13.6 Å². The maximum atomic E-state index is 12.8. The summed E-state index contributed by atoms with van der Waals surface area (Å²) in [5.41, 5.74) is 4.12. The first kappa shape index (κ1) is 18.2. The van der Waals surface area contributed by atoms with Crippen LogP contribution in [0.2, 0.25) is 0 Å². The van der Waals surface area contributed by atoms with Gasteiger partial charge in [-0.3, -0.25) is 10.1 Å². The Morgan fingerprint density at radius 1 is 1.18 bits per heavy atom. The van der Waals surface area contributed by atoms with Gasteiger partial charge in [-0.15, -0.1) is 11.3 Å². The van der Waals surface area contributed by atoms with Gasteiger partial charge in [0.2, 0.25) is 0 Å². The van der Waals surface area contributed by atoms with Gasteiger partial charge in [0.1, 0.15) is 0 Å². The second-order valence-corrected chi connectivity index (χ2v) is 7.06. The number of fused-ring (bicyclic) bond motifs is 1. The number of anilines is 1. The number of hydrogen-bond donors (Lipinski definition) is 2. The Morgan fingerprint density at radius 3 is 2.68 bits per heavy atom. The van der Waals surface area contributed by atoms with Crippen LogP contribution in [0.4, 0.5) is 13.9 Å². The van der Waals surface area contributed by atoms with E-state index in [2.05, 4.69) is 39.3 Å². The Bertz CT molecular complexity index is 1130. The van der Waals surface area contributed by atoms with Crippen LogP contribution in [0.5, 0.6) is 0 Å². The predicted octanol–water partition coefficient (Wildman–Crippen LogP) is 5.44. The van der Waals surface area contributed by atoms with Crippen LogP contribution in [-0.2, 0) is 6.42 Å². The molecule has 0 saturated heterocycles. The van der Waals surface area contributed by atoms with Crippen LogP contribution in [0, 0.1) is 0 Å². The minimum atomic E-state index is -2.69. The van der Waals surface area contributed by atoms with E-state index in [1.54, 1.807) is 6.07 Å². The second kappa shape index (κ2) is 7.47. The minimum Gasteiger partial charge on any atom is -0.337 e. The summed E-state index contributed by atoms with van der Waals surface area (Å²) in [6, 6.07) is 12.7. The van der Waals surface area contributed by atoms with Gasteiger partial charge in [-0.1, -0.05) is 31.2 Å². The molecule has 0 atom stereocenters. The van der Waals surface area contributed by atoms with E-state index in [4.69, 9.17) is 0 Å². The molecular formula is C20H16F2N4OS. The van der Waals surface area contributed by atoms with Crippen LogP contribution in [0.25, 0.3) is 22.3 Å². The van der Waals surface area contributed by atoms with Crippen molar-refractivity contribution in [1.29, 1.82) is 0 Å². The summed E-state index contributed by atoms with van der Waals surface area (Å²) in [6.07, 6.45) is -1.72. The summed E-state index contributed by atoms with van der Waals surface area (Å²) < 4.78 is 25.5. The quantitative estimate of drug-likeness (QED) is 0.470. The average Bonchev–Trinajstić information content (AvgIpc) is 3.34. The number of halogens is 2. The van der Waals surface area contributed by atoms with Gasteiger partial charge in [0.05, 0.1) is 16.7 Å². The lowest BCUT2D eigenvalue weighted by Crippen LogP contribution is -2.11. The van der Waals surface area contributed by atoms with Crippen molar-refractivity contribution in [1.82, 2.24) is 15.0 Å². The van der Waals surface area contributed by atoms with Crippen LogP contribution in [0.15, 0.2) is 47.8 Å². The summed E-state index contributed by atoms with van der Waals surface area (Å²) in [6.45, 7) is 2.10. The molecule has 0 fully saturated rings. The number of imidazole rings is 1. The number of carbonyl (C=O) groups excluding carboxylic acids is 1. The van der Waals surface area contributed by atoms with Crippen molar-refractivity contribution in [3.05, 3.63) is 64.8 Å². The van der Waals surface area contributed by atoms with Crippen molar-refractivity contribution in [2.75, 3.05) is 5.32 Å². The Hall–Kier alpha value is -3.13. The standard InChI is InChI=1S/C20H16F2N4OS/c1-2-11-3-5-12(6-4-11)16-10-28-20(25-16)26-19(27)13-7-8-14-15(9-13)24-18(23-14)17(21)22/h3-10,17H,2H2,1H3,(H,23,24)(H,25,26,27). The first-order chi connectivity index (χ1) is 13.5. The third-order valence-corrected chi connectivity index (χ3v) is 5.11. The average molecular weight is 398 g/mol. The number of rotatable bonds is 5. The van der Waals surface area contributed by atoms with Crippen molar-refractivity contribution in [2.24, 2.45) is 0 Å². The molecule has 0 aliphatic heterocycles. The van der Waals surface area contributed by atoms with Gasteiger partial charge in [-0.2, -0.15) is 0 Å². The number of thiazole rings is 1. The predicted molar refractivity (Wildman–Crippen MR) is 106 cm³/mol. The minimum absolute atomic E-state index is 0.334. The molecule has 0 saturated carbocycles. The van der Waals surface area contributed by atoms with Crippen LogP contribution < -0.4 is 5.32 Å². The highest BCUT2D eigenvalue weighted by molar-refractivity contribution is 7.14. The van der Waals surface area contributed by atoms with Crippen molar-refractivity contribution >= 4 is 33.4 Å². The number of alkyl halides is 2. The zero-order valence-electron chi connectivity index (χ0n) is 14.9. The molecule has 2 aromatic heterocycles. The Kier molecular flexibility index (Phi) is 4.87. The van der Waals surface area contributed by atoms with Gasteiger partial charge >= 0.3 is 0 Å². The number of nitrogens with zero attached hydrogens (tertiary/aromatic N) is 2. The molecule has 0 spiro atoms. The third-order valence-electron chi connectivity index (χ3n) is 4.35. The number of nitrogens with one attached hydrogen (secondary N) is 2. The number of H-pyrrole nitrogens is 1. The van der Waals surface area contributed by atoms with Crippen molar-refractivity contribution in [3.63, 3.8) is 0 Å². The monoisotopic (exact) mass is 398 g/mol. The van der Waals surface area contributed by atoms with Gasteiger partial charge in [0, 0.05) is 16.5 Å². The number of aryl methyl sites for hydroxylation is 1. The maximum Gasteiger partial charge on any atom is 0.295 e. The summed E-state index contributed by atoms with van der Waals surface area (Å²) in [5, 5.41) is 5.10. The SMILES string of the molecule is CCc1ccc(-c2csc(NC(=O)c3ccc4nc(C(F)F)[nH]c4c3)n2)cc1. The third kappa shape index (κ3) is 3.63. The highest BCUT2D eigenvalue weighted by Crippen LogP contribution is 2.26. The molecule has 0 bridgehead atoms. The number of benzene rings is 2. The van der Waals surface area contributed by atoms with Crippen molar-refractivity contribution in [3.8, 4) is 11.3 Å². The fourth-order valence-electron chi connectivity index (χ4n) is 2.82. The van der Waals surface area contributed by atoms with Crippen molar-refractivity contribution in [2.45, 2.75) is 19.8 Å². The molecule has 4 rings (SSSR count). The molecule has 0 radical (unpaired) electrons. The zero-order valence-corrected chi connectivity index (χ0v) is 15.7. The summed E-state index contributed by atoms with van der Waals surface area (Å²) >= 11 is 1.33. The Labute approximate surface area is 163 Å². The number of hydrogen-bond acceptors (Lipinski definition) is 4. The molecule has 142 valence electrons. The first-order valence-electron chi connectivity index (χ1n) is 8.67. The molecule has 8 heteroatoms. The molecular weight excluding hydrogens is 382 g/mol.